The monoisotopic (exact) mass is 403 g/mol. The molecule has 0 radical (unpaired) electrons. The SMILES string of the molecule is CC(C)C1=NO[C@@H](C(=O)N2CCC(CCC(=O)NCc3ccc(F)cc3)CC2)C1. The summed E-state index contributed by atoms with van der Waals surface area (Å²) in [4.78, 5) is 31.9. The molecule has 2 amide bonds. The highest BCUT2D eigenvalue weighted by Crippen LogP contribution is 2.25. The van der Waals surface area contributed by atoms with Crippen molar-refractivity contribution in [2.45, 2.75) is 58.6 Å². The van der Waals surface area contributed by atoms with Crippen molar-refractivity contribution >= 4 is 17.5 Å². The summed E-state index contributed by atoms with van der Waals surface area (Å²) in [5, 5.41) is 6.93. The Hall–Kier alpha value is -2.44. The number of carbonyl (C=O) groups excluding carboxylic acids is 2. The normalized spacial score (nSPS) is 19.8. The Bertz CT molecular complexity index is 740. The van der Waals surface area contributed by atoms with Crippen molar-refractivity contribution < 1.29 is 18.8 Å². The van der Waals surface area contributed by atoms with Gasteiger partial charge in [-0.25, -0.2) is 4.39 Å². The number of nitrogens with one attached hydrogen (secondary N) is 1. The summed E-state index contributed by atoms with van der Waals surface area (Å²) in [5.41, 5.74) is 1.83. The van der Waals surface area contributed by atoms with E-state index in [1.165, 1.54) is 12.1 Å². The summed E-state index contributed by atoms with van der Waals surface area (Å²) in [6.07, 6.45) is 3.21. The lowest BCUT2D eigenvalue weighted by Crippen LogP contribution is -2.44. The van der Waals surface area contributed by atoms with Gasteiger partial charge in [0.25, 0.3) is 5.91 Å². The molecule has 0 unspecified atom stereocenters. The van der Waals surface area contributed by atoms with Crippen molar-refractivity contribution in [2.75, 3.05) is 13.1 Å². The minimum absolute atomic E-state index is 0.00514. The maximum atomic E-state index is 12.9. The minimum atomic E-state index is -0.471. The average molecular weight is 403 g/mol. The standard InChI is InChI=1S/C22H30FN3O3/c1-15(2)19-13-20(29-25-19)22(28)26-11-9-16(10-12-26)5-8-21(27)24-14-17-3-6-18(23)7-4-17/h3-4,6-7,15-16,20H,5,8-14H2,1-2H3,(H,24,27)/t20-/m1/s1. The van der Waals surface area contributed by atoms with Gasteiger partial charge in [0.2, 0.25) is 12.0 Å². The molecule has 3 rings (SSSR count). The number of oxime groups is 1. The van der Waals surface area contributed by atoms with E-state index in [0.29, 0.717) is 44.3 Å². The van der Waals surface area contributed by atoms with Crippen molar-refractivity contribution in [3.63, 3.8) is 0 Å². The van der Waals surface area contributed by atoms with Crippen molar-refractivity contribution in [1.82, 2.24) is 10.2 Å². The zero-order chi connectivity index (χ0) is 20.8. The molecule has 158 valence electrons. The van der Waals surface area contributed by atoms with Crippen LogP contribution in [0, 0.1) is 17.7 Å². The molecule has 29 heavy (non-hydrogen) atoms. The van der Waals surface area contributed by atoms with Crippen LogP contribution in [-0.2, 0) is 21.0 Å². The van der Waals surface area contributed by atoms with E-state index in [2.05, 4.69) is 24.3 Å². The van der Waals surface area contributed by atoms with E-state index in [1.54, 1.807) is 12.1 Å². The average Bonchev–Trinajstić information content (AvgIpc) is 3.22. The number of amides is 2. The van der Waals surface area contributed by atoms with Crippen molar-refractivity contribution in [3.8, 4) is 0 Å². The van der Waals surface area contributed by atoms with Crippen LogP contribution in [0.5, 0.6) is 0 Å². The van der Waals surface area contributed by atoms with Gasteiger partial charge in [0.1, 0.15) is 5.82 Å². The van der Waals surface area contributed by atoms with Gasteiger partial charge in [-0.3, -0.25) is 9.59 Å². The fourth-order valence-corrected chi connectivity index (χ4v) is 3.74. The first-order valence-corrected chi connectivity index (χ1v) is 10.4. The number of benzene rings is 1. The Morgan fingerprint density at radius 3 is 2.55 bits per heavy atom. The third-order valence-corrected chi connectivity index (χ3v) is 5.74. The van der Waals surface area contributed by atoms with Crippen molar-refractivity contribution in [2.24, 2.45) is 17.0 Å². The zero-order valence-corrected chi connectivity index (χ0v) is 17.2. The molecule has 1 fully saturated rings. The fourth-order valence-electron chi connectivity index (χ4n) is 3.74. The summed E-state index contributed by atoms with van der Waals surface area (Å²) in [5.74, 6) is 0.498. The van der Waals surface area contributed by atoms with E-state index in [0.717, 1.165) is 30.5 Å². The molecule has 1 aromatic rings. The number of rotatable bonds is 7. The summed E-state index contributed by atoms with van der Waals surface area (Å²) < 4.78 is 12.9. The van der Waals surface area contributed by atoms with E-state index >= 15 is 0 Å². The van der Waals surface area contributed by atoms with E-state index in [4.69, 9.17) is 4.84 Å². The summed E-state index contributed by atoms with van der Waals surface area (Å²) >= 11 is 0. The van der Waals surface area contributed by atoms with Gasteiger partial charge < -0.3 is 15.1 Å². The topological polar surface area (TPSA) is 71.0 Å². The van der Waals surface area contributed by atoms with Crippen LogP contribution in [0.3, 0.4) is 0 Å². The number of halogens is 1. The Morgan fingerprint density at radius 2 is 1.93 bits per heavy atom. The van der Waals surface area contributed by atoms with Crippen LogP contribution in [0.4, 0.5) is 4.39 Å². The maximum absolute atomic E-state index is 12.9. The predicted octanol–water partition coefficient (Wildman–Crippen LogP) is 3.26. The quantitative estimate of drug-likeness (QED) is 0.760. The molecule has 0 spiro atoms. The number of piperidine rings is 1. The number of carbonyl (C=O) groups is 2. The third kappa shape index (κ3) is 6.02. The lowest BCUT2D eigenvalue weighted by molar-refractivity contribution is -0.143. The van der Waals surface area contributed by atoms with Gasteiger partial charge in [-0.15, -0.1) is 0 Å². The molecule has 7 heteroatoms. The third-order valence-electron chi connectivity index (χ3n) is 5.74. The van der Waals surface area contributed by atoms with Crippen LogP contribution >= 0.6 is 0 Å². The number of hydrogen-bond donors (Lipinski definition) is 1. The lowest BCUT2D eigenvalue weighted by atomic mass is 9.91. The zero-order valence-electron chi connectivity index (χ0n) is 17.2. The maximum Gasteiger partial charge on any atom is 0.266 e. The first-order chi connectivity index (χ1) is 13.9. The molecule has 1 aromatic carbocycles. The van der Waals surface area contributed by atoms with Gasteiger partial charge in [0.05, 0.1) is 5.71 Å². The Labute approximate surface area is 171 Å². The number of likely N-dealkylation sites (tertiary alicyclic amines) is 1. The van der Waals surface area contributed by atoms with Crippen LogP contribution in [0.25, 0.3) is 0 Å². The summed E-state index contributed by atoms with van der Waals surface area (Å²) in [6.45, 7) is 5.93. The van der Waals surface area contributed by atoms with E-state index in [9.17, 15) is 14.0 Å². The molecule has 1 N–H and O–H groups in total. The Kier molecular flexibility index (Phi) is 7.23. The highest BCUT2D eigenvalue weighted by atomic mass is 19.1. The minimum Gasteiger partial charge on any atom is -0.382 e. The lowest BCUT2D eigenvalue weighted by Gasteiger charge is -2.33. The van der Waals surface area contributed by atoms with Gasteiger partial charge in [0, 0.05) is 32.5 Å². The van der Waals surface area contributed by atoms with Crippen LogP contribution in [0.2, 0.25) is 0 Å². The largest absolute Gasteiger partial charge is 0.382 e. The summed E-state index contributed by atoms with van der Waals surface area (Å²) in [7, 11) is 0. The van der Waals surface area contributed by atoms with Gasteiger partial charge in [-0.05, 0) is 48.8 Å². The second kappa shape index (κ2) is 9.85. The highest BCUT2D eigenvalue weighted by molar-refractivity contribution is 5.93. The van der Waals surface area contributed by atoms with E-state index in [1.807, 2.05) is 4.90 Å². The van der Waals surface area contributed by atoms with Crippen molar-refractivity contribution in [3.05, 3.63) is 35.6 Å². The molecule has 0 aliphatic carbocycles. The van der Waals surface area contributed by atoms with E-state index < -0.39 is 6.10 Å². The second-order valence-corrected chi connectivity index (χ2v) is 8.25. The smallest absolute Gasteiger partial charge is 0.266 e. The van der Waals surface area contributed by atoms with Crippen LogP contribution in [0.1, 0.15) is 51.5 Å². The molecule has 2 aliphatic rings. The molecule has 1 atom stereocenters. The predicted molar refractivity (Wildman–Crippen MR) is 109 cm³/mol. The Morgan fingerprint density at radius 1 is 1.24 bits per heavy atom. The van der Waals surface area contributed by atoms with Gasteiger partial charge >= 0.3 is 0 Å². The molecule has 0 aromatic heterocycles. The molecule has 0 bridgehead atoms. The molecule has 2 heterocycles. The first kappa shape index (κ1) is 21.3. The van der Waals surface area contributed by atoms with Crippen LogP contribution < -0.4 is 5.32 Å². The first-order valence-electron chi connectivity index (χ1n) is 10.4. The Balaban J connectivity index is 1.33. The van der Waals surface area contributed by atoms with Crippen LogP contribution in [-0.4, -0.2) is 41.6 Å². The summed E-state index contributed by atoms with van der Waals surface area (Å²) in [6, 6.07) is 6.13. The second-order valence-electron chi connectivity index (χ2n) is 8.25. The fraction of sp³-hybridized carbons (Fsp3) is 0.591. The molecule has 6 nitrogen and oxygen atoms in total. The van der Waals surface area contributed by atoms with Crippen molar-refractivity contribution in [1.29, 1.82) is 0 Å². The molecule has 2 aliphatic heterocycles. The van der Waals surface area contributed by atoms with E-state index in [-0.39, 0.29) is 17.6 Å². The molecular formula is C22H30FN3O3. The van der Waals surface area contributed by atoms with Gasteiger partial charge in [-0.2, -0.15) is 0 Å². The van der Waals surface area contributed by atoms with Gasteiger partial charge in [-0.1, -0.05) is 31.1 Å². The van der Waals surface area contributed by atoms with Gasteiger partial charge in [0.15, 0.2) is 0 Å². The molecular weight excluding hydrogens is 373 g/mol. The van der Waals surface area contributed by atoms with Crippen LogP contribution in [0.15, 0.2) is 29.4 Å². The molecule has 1 saturated heterocycles. The molecule has 0 saturated carbocycles. The number of hydrogen-bond acceptors (Lipinski definition) is 4. The number of nitrogens with zero attached hydrogens (tertiary/aromatic N) is 2. The highest BCUT2D eigenvalue weighted by Gasteiger charge is 2.34.